The molecule has 0 aliphatic carbocycles. The Kier molecular flexibility index (Phi) is 8.43. The van der Waals surface area contributed by atoms with Gasteiger partial charge in [0.15, 0.2) is 29.7 Å². The molecule has 1 saturated heterocycles. The van der Waals surface area contributed by atoms with Crippen molar-refractivity contribution in [3.63, 3.8) is 0 Å². The van der Waals surface area contributed by atoms with Crippen LogP contribution >= 0.6 is 0 Å². The maximum absolute atomic E-state index is 13.5. The molecule has 1 fully saturated rings. The van der Waals surface area contributed by atoms with E-state index in [-0.39, 0.29) is 5.69 Å². The molecule has 4 rings (SSSR count). The van der Waals surface area contributed by atoms with Crippen LogP contribution in [0.4, 0.5) is 14.5 Å². The van der Waals surface area contributed by atoms with Crippen LogP contribution in [0.2, 0.25) is 0 Å². The van der Waals surface area contributed by atoms with E-state index in [1.54, 1.807) is 0 Å². The number of nitrogens with one attached hydrogen (secondary N) is 2. The molecular formula is C23H24F2N4O11. The third kappa shape index (κ3) is 5.79. The summed E-state index contributed by atoms with van der Waals surface area (Å²) in [6.07, 6.45) is -11.5. The van der Waals surface area contributed by atoms with Gasteiger partial charge in [0.05, 0.1) is 0 Å². The van der Waals surface area contributed by atoms with Crippen molar-refractivity contribution in [3.05, 3.63) is 74.8 Å². The summed E-state index contributed by atoms with van der Waals surface area (Å²) in [5, 5.41) is 33.6. The molecular weight excluding hydrogens is 546 g/mol. The van der Waals surface area contributed by atoms with Crippen LogP contribution in [0.15, 0.2) is 51.9 Å². The third-order valence-electron chi connectivity index (χ3n) is 6.10. The molecule has 2 amide bonds. The average molecular weight is 570 g/mol. The zero-order chi connectivity index (χ0) is 29.3. The SMILES string of the molecule is CO[C@H]1[C@@H](O)[C@H](n2ccc(=O)[nH]c2=O)O[C@@H]1[C@@H](O[C@@H]1OC(C(=O)Nc2ccc(F)c(F)c2)=C[C@@H](O)[C@H]1O)C(N)=O. The fraction of sp³-hybridized carbons (Fsp3) is 0.391. The predicted octanol–water partition coefficient (Wildman–Crippen LogP) is -2.44. The number of aromatic nitrogens is 2. The number of hydrogen-bond acceptors (Lipinski definition) is 11. The molecule has 0 unspecified atom stereocenters. The molecule has 2 aliphatic rings. The Labute approximate surface area is 222 Å². The van der Waals surface area contributed by atoms with Crippen LogP contribution in [0.25, 0.3) is 0 Å². The topological polar surface area (TPSA) is 225 Å². The van der Waals surface area contributed by atoms with Crippen LogP contribution in [0.5, 0.6) is 0 Å². The van der Waals surface area contributed by atoms with Gasteiger partial charge in [0, 0.05) is 31.1 Å². The van der Waals surface area contributed by atoms with Crippen LogP contribution < -0.4 is 22.3 Å². The lowest BCUT2D eigenvalue weighted by Crippen LogP contribution is -2.53. The van der Waals surface area contributed by atoms with Gasteiger partial charge in [-0.1, -0.05) is 0 Å². The maximum Gasteiger partial charge on any atom is 0.330 e. The minimum Gasteiger partial charge on any atom is -0.456 e. The first-order valence-electron chi connectivity index (χ1n) is 11.5. The molecule has 17 heteroatoms. The first kappa shape index (κ1) is 29.0. The molecule has 1 aromatic carbocycles. The summed E-state index contributed by atoms with van der Waals surface area (Å²) in [5.41, 5.74) is 3.65. The lowest BCUT2D eigenvalue weighted by molar-refractivity contribution is -0.241. The first-order valence-corrected chi connectivity index (χ1v) is 11.5. The van der Waals surface area contributed by atoms with Crippen molar-refractivity contribution < 1.29 is 52.6 Å². The number of methoxy groups -OCH3 is 1. The number of nitrogens with two attached hydrogens (primary N) is 1. The molecule has 2 aliphatic heterocycles. The number of rotatable bonds is 8. The van der Waals surface area contributed by atoms with Crippen molar-refractivity contribution in [2.24, 2.45) is 5.73 Å². The van der Waals surface area contributed by atoms with E-state index in [1.165, 1.54) is 0 Å². The van der Waals surface area contributed by atoms with Crippen molar-refractivity contribution in [1.82, 2.24) is 9.55 Å². The van der Waals surface area contributed by atoms with E-state index in [1.807, 2.05) is 4.98 Å². The Morgan fingerprint density at radius 2 is 1.88 bits per heavy atom. The van der Waals surface area contributed by atoms with Crippen LogP contribution in [0, 0.1) is 11.6 Å². The number of aliphatic hydroxyl groups excluding tert-OH is 3. The van der Waals surface area contributed by atoms with Gasteiger partial charge in [-0.05, 0) is 18.2 Å². The summed E-state index contributed by atoms with van der Waals surface area (Å²) in [6, 6.07) is 3.50. The Hall–Kier alpha value is -4.00. The molecule has 2 aromatic rings. The summed E-state index contributed by atoms with van der Waals surface area (Å²) in [5.74, 6) is -5.28. The monoisotopic (exact) mass is 570 g/mol. The standard InChI is InChI=1S/C23H24F2N4O11/c1-37-16-15(33)21(29-5-4-13(31)28-23(29)36)39-17(16)18(19(26)34)40-22-14(32)11(30)7-12(38-22)20(35)27-8-2-3-9(24)10(25)6-8/h2-7,11,14-18,21-22,30,32-33H,1H3,(H2,26,34)(H,27,35)(H,28,31,36)/t11-,14-,15-,16+,17+,18-,21-,22+/m1/s1. The Morgan fingerprint density at radius 1 is 1.15 bits per heavy atom. The normalized spacial score (nSPS) is 28.9. The number of aromatic amines is 1. The largest absolute Gasteiger partial charge is 0.456 e. The fourth-order valence-electron chi connectivity index (χ4n) is 4.15. The second-order valence-electron chi connectivity index (χ2n) is 8.74. The van der Waals surface area contributed by atoms with Crippen LogP contribution in [0.1, 0.15) is 6.23 Å². The Balaban J connectivity index is 1.54. The summed E-state index contributed by atoms with van der Waals surface area (Å²) in [6.45, 7) is 0. The number of nitrogens with zero attached hydrogens (tertiary/aromatic N) is 1. The van der Waals surface area contributed by atoms with Crippen LogP contribution in [0.3, 0.4) is 0 Å². The van der Waals surface area contributed by atoms with Gasteiger partial charge in [-0.2, -0.15) is 0 Å². The van der Waals surface area contributed by atoms with E-state index in [0.717, 1.165) is 42.1 Å². The van der Waals surface area contributed by atoms with Gasteiger partial charge in [-0.25, -0.2) is 13.6 Å². The molecule has 3 heterocycles. The van der Waals surface area contributed by atoms with E-state index in [2.05, 4.69) is 5.32 Å². The number of ether oxygens (including phenoxy) is 4. The summed E-state index contributed by atoms with van der Waals surface area (Å²) in [4.78, 5) is 50.6. The molecule has 216 valence electrons. The fourth-order valence-corrected chi connectivity index (χ4v) is 4.15. The van der Waals surface area contributed by atoms with Crippen molar-refractivity contribution in [2.45, 2.75) is 49.1 Å². The quantitative estimate of drug-likeness (QED) is 0.195. The van der Waals surface area contributed by atoms with Gasteiger partial charge in [0.25, 0.3) is 11.5 Å². The second kappa shape index (κ2) is 11.6. The second-order valence-corrected chi connectivity index (χ2v) is 8.74. The van der Waals surface area contributed by atoms with Crippen molar-refractivity contribution in [1.29, 1.82) is 0 Å². The van der Waals surface area contributed by atoms with Gasteiger partial charge in [0.1, 0.15) is 30.5 Å². The van der Waals surface area contributed by atoms with Gasteiger partial charge < -0.3 is 45.3 Å². The van der Waals surface area contributed by atoms with Gasteiger partial charge in [-0.15, -0.1) is 0 Å². The number of aliphatic hydroxyl groups is 3. The first-order chi connectivity index (χ1) is 18.9. The minimum absolute atomic E-state index is 0.165. The highest BCUT2D eigenvalue weighted by atomic mass is 19.2. The van der Waals surface area contributed by atoms with Gasteiger partial charge in [0.2, 0.25) is 12.2 Å². The molecule has 1 aromatic heterocycles. The highest BCUT2D eigenvalue weighted by Gasteiger charge is 2.52. The summed E-state index contributed by atoms with van der Waals surface area (Å²) in [7, 11) is 1.15. The highest BCUT2D eigenvalue weighted by Crippen LogP contribution is 2.34. The number of benzene rings is 1. The minimum atomic E-state index is -1.92. The van der Waals surface area contributed by atoms with E-state index < -0.39 is 89.6 Å². The Morgan fingerprint density at radius 3 is 2.50 bits per heavy atom. The van der Waals surface area contributed by atoms with Crippen LogP contribution in [-0.2, 0) is 28.5 Å². The zero-order valence-electron chi connectivity index (χ0n) is 20.5. The number of carbonyl (C=O) groups excluding carboxylic acids is 2. The maximum atomic E-state index is 13.5. The predicted molar refractivity (Wildman–Crippen MR) is 126 cm³/mol. The van der Waals surface area contributed by atoms with E-state index in [9.17, 15) is 43.3 Å². The van der Waals surface area contributed by atoms with E-state index >= 15 is 0 Å². The molecule has 0 bridgehead atoms. The molecule has 8 atom stereocenters. The number of amides is 2. The number of primary amides is 1. The summed E-state index contributed by atoms with van der Waals surface area (Å²) >= 11 is 0. The van der Waals surface area contributed by atoms with Crippen molar-refractivity contribution in [3.8, 4) is 0 Å². The molecule has 7 N–H and O–H groups in total. The lowest BCUT2D eigenvalue weighted by Gasteiger charge is -2.35. The average Bonchev–Trinajstić information content (AvgIpc) is 3.22. The van der Waals surface area contributed by atoms with Gasteiger partial charge >= 0.3 is 5.69 Å². The zero-order valence-corrected chi connectivity index (χ0v) is 20.5. The number of H-pyrrole nitrogens is 1. The van der Waals surface area contributed by atoms with Crippen molar-refractivity contribution >= 4 is 17.5 Å². The molecule has 0 spiro atoms. The third-order valence-corrected chi connectivity index (χ3v) is 6.10. The van der Waals surface area contributed by atoms with Crippen LogP contribution in [-0.4, -0.2) is 86.7 Å². The number of halogens is 2. The number of carbonyl (C=O) groups is 2. The summed E-state index contributed by atoms with van der Waals surface area (Å²) < 4.78 is 49.2. The molecule has 15 nitrogen and oxygen atoms in total. The molecule has 40 heavy (non-hydrogen) atoms. The highest BCUT2D eigenvalue weighted by molar-refractivity contribution is 6.02. The smallest absolute Gasteiger partial charge is 0.330 e. The number of anilines is 1. The van der Waals surface area contributed by atoms with E-state index in [0.29, 0.717) is 6.07 Å². The van der Waals surface area contributed by atoms with E-state index in [4.69, 9.17) is 24.7 Å². The van der Waals surface area contributed by atoms with Gasteiger partial charge in [-0.3, -0.25) is 23.9 Å². The molecule has 0 saturated carbocycles. The van der Waals surface area contributed by atoms with Crippen molar-refractivity contribution in [2.75, 3.05) is 12.4 Å². The Bertz CT molecular complexity index is 1430. The molecule has 0 radical (unpaired) electrons. The lowest BCUT2D eigenvalue weighted by atomic mass is 10.0. The number of hydrogen-bond donors (Lipinski definition) is 6.